The highest BCUT2D eigenvalue weighted by atomic mass is 32.2. The van der Waals surface area contributed by atoms with E-state index in [-0.39, 0.29) is 18.8 Å². The zero-order valence-electron chi connectivity index (χ0n) is 7.05. The summed E-state index contributed by atoms with van der Waals surface area (Å²) in [6.45, 7) is 1.05. The Balaban J connectivity index is 1.98. The molecule has 0 aromatic heterocycles. The van der Waals surface area contributed by atoms with E-state index in [9.17, 15) is 8.42 Å². The highest BCUT2D eigenvalue weighted by molar-refractivity contribution is 7.87. The highest BCUT2D eigenvalue weighted by Crippen LogP contribution is 2.38. The lowest BCUT2D eigenvalue weighted by Crippen LogP contribution is -2.34. The molecule has 6 heteroatoms. The molecular formula is C7H11NO4S. The van der Waals surface area contributed by atoms with E-state index >= 15 is 0 Å². The second-order valence-corrected chi connectivity index (χ2v) is 5.50. The molecule has 0 saturated carbocycles. The van der Waals surface area contributed by atoms with Gasteiger partial charge in [0.25, 0.3) is 10.1 Å². The smallest absolute Gasteiger partial charge is 0.274 e. The molecule has 3 saturated heterocycles. The third-order valence-corrected chi connectivity index (χ3v) is 4.74. The summed E-state index contributed by atoms with van der Waals surface area (Å²) in [5, 5.41) is 1.38. The number of fused-ring (bicyclic) bond motifs is 3. The van der Waals surface area contributed by atoms with Gasteiger partial charge in [0.1, 0.15) is 11.4 Å². The van der Waals surface area contributed by atoms with E-state index in [0.29, 0.717) is 0 Å². The molecule has 13 heavy (non-hydrogen) atoms. The Bertz CT molecular complexity index is 327. The summed E-state index contributed by atoms with van der Waals surface area (Å²) in [6.07, 6.45) is 1.67. The van der Waals surface area contributed by atoms with Gasteiger partial charge in [-0.05, 0) is 12.8 Å². The van der Waals surface area contributed by atoms with Crippen molar-refractivity contribution in [3.8, 4) is 0 Å². The molecule has 0 N–H and O–H groups in total. The predicted molar refractivity (Wildman–Crippen MR) is 43.3 cm³/mol. The average molecular weight is 205 g/mol. The van der Waals surface area contributed by atoms with E-state index in [1.165, 1.54) is 0 Å². The minimum absolute atomic E-state index is 0.0394. The summed E-state index contributed by atoms with van der Waals surface area (Å²) in [5.74, 6) is 0. The molecular weight excluding hydrogens is 194 g/mol. The number of hydrogen-bond acceptors (Lipinski definition) is 5. The Morgan fingerprint density at radius 1 is 1.38 bits per heavy atom. The van der Waals surface area contributed by atoms with Gasteiger partial charge < -0.3 is 0 Å². The van der Waals surface area contributed by atoms with Crippen molar-refractivity contribution in [3.63, 3.8) is 0 Å². The Hall–Kier alpha value is -0.170. The Morgan fingerprint density at radius 3 is 3.08 bits per heavy atom. The fourth-order valence-corrected chi connectivity index (χ4v) is 4.09. The van der Waals surface area contributed by atoms with Crippen LogP contribution in [0.2, 0.25) is 0 Å². The zero-order valence-corrected chi connectivity index (χ0v) is 7.87. The molecule has 0 bridgehead atoms. The molecule has 5 nitrogen and oxygen atoms in total. The summed E-state index contributed by atoms with van der Waals surface area (Å²) >= 11 is 0. The van der Waals surface area contributed by atoms with Gasteiger partial charge in [0.05, 0.1) is 12.6 Å². The van der Waals surface area contributed by atoms with Crippen LogP contribution in [0.1, 0.15) is 12.8 Å². The summed E-state index contributed by atoms with van der Waals surface area (Å²) in [6, 6.07) is 0.0394. The van der Waals surface area contributed by atoms with Gasteiger partial charge in [-0.25, -0.2) is 0 Å². The number of rotatable bonds is 0. The van der Waals surface area contributed by atoms with Crippen LogP contribution in [0, 0.1) is 0 Å². The largest absolute Gasteiger partial charge is 0.291 e. The third kappa shape index (κ3) is 0.999. The van der Waals surface area contributed by atoms with Crippen molar-refractivity contribution >= 4 is 10.1 Å². The van der Waals surface area contributed by atoms with Crippen LogP contribution in [-0.2, 0) is 19.1 Å². The molecule has 74 valence electrons. The van der Waals surface area contributed by atoms with Crippen molar-refractivity contribution < 1.29 is 17.4 Å². The molecule has 3 heterocycles. The van der Waals surface area contributed by atoms with Gasteiger partial charge in [-0.2, -0.15) is 13.5 Å². The summed E-state index contributed by atoms with van der Waals surface area (Å²) in [5.41, 5.74) is 0. The second kappa shape index (κ2) is 2.44. The first-order valence-electron chi connectivity index (χ1n) is 4.50. The fourth-order valence-electron chi connectivity index (χ4n) is 2.45. The van der Waals surface area contributed by atoms with Crippen LogP contribution in [0.5, 0.6) is 0 Å². The van der Waals surface area contributed by atoms with Gasteiger partial charge in [0, 0.05) is 6.54 Å². The van der Waals surface area contributed by atoms with Crippen molar-refractivity contribution in [2.45, 2.75) is 30.2 Å². The Kier molecular flexibility index (Phi) is 1.53. The maximum atomic E-state index is 11.5. The molecule has 0 aromatic carbocycles. The van der Waals surface area contributed by atoms with Crippen LogP contribution in [0.4, 0.5) is 0 Å². The van der Waals surface area contributed by atoms with E-state index in [4.69, 9.17) is 9.02 Å². The lowest BCUT2D eigenvalue weighted by Gasteiger charge is -2.15. The second-order valence-electron chi connectivity index (χ2n) is 3.74. The number of hydroxylamine groups is 2. The summed E-state index contributed by atoms with van der Waals surface area (Å²) < 4.78 is 27.7. The van der Waals surface area contributed by atoms with Gasteiger partial charge in [0.2, 0.25) is 0 Å². The van der Waals surface area contributed by atoms with Crippen LogP contribution < -0.4 is 0 Å². The maximum Gasteiger partial charge on any atom is 0.274 e. The van der Waals surface area contributed by atoms with E-state index < -0.39 is 15.4 Å². The normalized spacial score (nSPS) is 47.8. The molecule has 0 amide bonds. The van der Waals surface area contributed by atoms with Crippen molar-refractivity contribution in [2.24, 2.45) is 0 Å². The summed E-state index contributed by atoms with van der Waals surface area (Å²) in [4.78, 5) is 5.47. The molecule has 3 aliphatic heterocycles. The van der Waals surface area contributed by atoms with Crippen LogP contribution in [0.3, 0.4) is 0 Å². The SMILES string of the molecule is O=S1(=O)OC[C@H]2ON3CCC[C@@H]3[C@H]21. The van der Waals surface area contributed by atoms with Gasteiger partial charge in [-0.3, -0.25) is 9.02 Å². The zero-order chi connectivity index (χ0) is 9.05. The number of nitrogens with zero attached hydrogens (tertiary/aromatic N) is 1. The lowest BCUT2D eigenvalue weighted by atomic mass is 10.1. The van der Waals surface area contributed by atoms with E-state index in [0.717, 1.165) is 19.4 Å². The van der Waals surface area contributed by atoms with E-state index in [1.54, 1.807) is 0 Å². The van der Waals surface area contributed by atoms with Crippen molar-refractivity contribution in [3.05, 3.63) is 0 Å². The van der Waals surface area contributed by atoms with Gasteiger partial charge in [-0.1, -0.05) is 0 Å². The first kappa shape index (κ1) is 8.16. The first-order chi connectivity index (χ1) is 6.18. The molecule has 0 spiro atoms. The van der Waals surface area contributed by atoms with Crippen LogP contribution in [-0.4, -0.2) is 44.0 Å². The van der Waals surface area contributed by atoms with Crippen LogP contribution in [0.15, 0.2) is 0 Å². The van der Waals surface area contributed by atoms with E-state index in [1.807, 2.05) is 5.06 Å². The average Bonchev–Trinajstić information content (AvgIpc) is 2.61. The fraction of sp³-hybridized carbons (Fsp3) is 1.00. The highest BCUT2D eigenvalue weighted by Gasteiger charge is 2.56. The quantitative estimate of drug-likeness (QED) is 0.499. The summed E-state index contributed by atoms with van der Waals surface area (Å²) in [7, 11) is -3.34. The minimum Gasteiger partial charge on any atom is -0.291 e. The van der Waals surface area contributed by atoms with Crippen molar-refractivity contribution in [2.75, 3.05) is 13.2 Å². The Labute approximate surface area is 76.7 Å². The van der Waals surface area contributed by atoms with Gasteiger partial charge in [0.15, 0.2) is 0 Å². The molecule has 0 radical (unpaired) electrons. The van der Waals surface area contributed by atoms with E-state index in [2.05, 4.69) is 0 Å². The van der Waals surface area contributed by atoms with Crippen LogP contribution >= 0.6 is 0 Å². The lowest BCUT2D eigenvalue weighted by molar-refractivity contribution is -0.152. The topological polar surface area (TPSA) is 55.8 Å². The third-order valence-electron chi connectivity index (χ3n) is 2.99. The minimum atomic E-state index is -3.34. The first-order valence-corrected chi connectivity index (χ1v) is 5.97. The van der Waals surface area contributed by atoms with Gasteiger partial charge >= 0.3 is 0 Å². The van der Waals surface area contributed by atoms with Crippen molar-refractivity contribution in [1.29, 1.82) is 0 Å². The van der Waals surface area contributed by atoms with Gasteiger partial charge in [-0.15, -0.1) is 0 Å². The molecule has 0 unspecified atom stereocenters. The van der Waals surface area contributed by atoms with Crippen LogP contribution in [0.25, 0.3) is 0 Å². The molecule has 3 atom stereocenters. The van der Waals surface area contributed by atoms with Crippen molar-refractivity contribution in [1.82, 2.24) is 5.06 Å². The molecule has 0 aliphatic carbocycles. The molecule has 3 rings (SSSR count). The number of hydrogen-bond donors (Lipinski definition) is 0. The molecule has 3 aliphatic rings. The monoisotopic (exact) mass is 205 g/mol. The maximum absolute atomic E-state index is 11.5. The molecule has 3 fully saturated rings. The standard InChI is InChI=1S/C7H11NO4S/c9-13(10)7-5-2-1-3-8(5)12-6(7)4-11-13/h5-7H,1-4H2/t5-,6-,7-/m1/s1. The predicted octanol–water partition coefficient (Wildman–Crippen LogP) is -0.507. The Morgan fingerprint density at radius 2 is 2.23 bits per heavy atom. The molecule has 0 aromatic rings.